The maximum atomic E-state index is 12.9. The summed E-state index contributed by atoms with van der Waals surface area (Å²) in [6, 6.07) is 5.79. The number of halogens is 3. The van der Waals surface area contributed by atoms with Crippen LogP contribution in [-0.2, 0) is 19.8 Å². The van der Waals surface area contributed by atoms with Gasteiger partial charge in [0.1, 0.15) is 17.1 Å². The summed E-state index contributed by atoms with van der Waals surface area (Å²) in [6.45, 7) is 2.22. The molecule has 0 aliphatic carbocycles. The molecule has 0 saturated carbocycles. The Kier molecular flexibility index (Phi) is 5.26. The maximum absolute atomic E-state index is 12.9. The Bertz CT molecular complexity index is 1130. The van der Waals surface area contributed by atoms with Crippen LogP contribution in [0.25, 0.3) is 11.0 Å². The van der Waals surface area contributed by atoms with Crippen molar-refractivity contribution < 1.29 is 17.9 Å². The highest BCUT2D eigenvalue weighted by atomic mass is 19.4. The number of pyridine rings is 1. The van der Waals surface area contributed by atoms with Crippen LogP contribution < -0.4 is 16.0 Å². The van der Waals surface area contributed by atoms with Crippen LogP contribution in [-0.4, -0.2) is 14.1 Å². The lowest BCUT2D eigenvalue weighted by atomic mass is 10.2. The summed E-state index contributed by atoms with van der Waals surface area (Å²) in [5.74, 6) is 0.0664. The Hall–Kier alpha value is -3.10. The molecular weight excluding hydrogens is 375 g/mol. The molecule has 0 spiro atoms. The first kappa shape index (κ1) is 19.7. The van der Waals surface area contributed by atoms with E-state index in [-0.39, 0.29) is 29.1 Å². The van der Waals surface area contributed by atoms with Gasteiger partial charge in [0, 0.05) is 13.6 Å². The van der Waals surface area contributed by atoms with Gasteiger partial charge in [-0.3, -0.25) is 13.9 Å². The summed E-state index contributed by atoms with van der Waals surface area (Å²) in [5.41, 5.74) is -1.64. The van der Waals surface area contributed by atoms with Crippen LogP contribution in [0.15, 0.2) is 46.1 Å². The van der Waals surface area contributed by atoms with Gasteiger partial charge in [-0.25, -0.2) is 9.78 Å². The van der Waals surface area contributed by atoms with Gasteiger partial charge in [0.25, 0.3) is 5.56 Å². The van der Waals surface area contributed by atoms with E-state index in [1.807, 2.05) is 6.92 Å². The van der Waals surface area contributed by atoms with Crippen LogP contribution in [0.3, 0.4) is 0 Å². The molecule has 0 saturated heterocycles. The van der Waals surface area contributed by atoms with Crippen molar-refractivity contribution in [3.8, 4) is 11.5 Å². The molecular formula is C19H18F3N3O3. The molecule has 3 rings (SSSR count). The van der Waals surface area contributed by atoms with Crippen molar-refractivity contribution in [1.29, 1.82) is 0 Å². The lowest BCUT2D eigenvalue weighted by molar-refractivity contribution is -0.137. The van der Waals surface area contributed by atoms with Crippen molar-refractivity contribution in [2.45, 2.75) is 32.5 Å². The first-order valence-corrected chi connectivity index (χ1v) is 8.67. The van der Waals surface area contributed by atoms with E-state index in [9.17, 15) is 22.8 Å². The number of aryl methyl sites for hydroxylation is 1. The number of rotatable bonds is 5. The Morgan fingerprint density at radius 3 is 2.57 bits per heavy atom. The highest BCUT2D eigenvalue weighted by Crippen LogP contribution is 2.32. The van der Waals surface area contributed by atoms with E-state index >= 15 is 0 Å². The molecule has 0 bridgehead atoms. The number of ether oxygens (including phenoxy) is 1. The van der Waals surface area contributed by atoms with E-state index in [4.69, 9.17) is 4.74 Å². The first-order chi connectivity index (χ1) is 13.2. The number of fused-ring (bicyclic) bond motifs is 1. The highest BCUT2D eigenvalue weighted by molar-refractivity contribution is 5.75. The molecule has 0 atom stereocenters. The maximum Gasteiger partial charge on any atom is 0.416 e. The minimum atomic E-state index is -4.49. The number of nitrogens with zero attached hydrogens (tertiary/aromatic N) is 3. The molecule has 2 heterocycles. The summed E-state index contributed by atoms with van der Waals surface area (Å²) in [4.78, 5) is 29.2. The van der Waals surface area contributed by atoms with E-state index in [1.54, 1.807) is 0 Å². The zero-order valence-electron chi connectivity index (χ0n) is 15.3. The van der Waals surface area contributed by atoms with E-state index in [0.29, 0.717) is 6.42 Å². The van der Waals surface area contributed by atoms with Crippen molar-refractivity contribution in [2.24, 2.45) is 7.05 Å². The van der Waals surface area contributed by atoms with Crippen LogP contribution in [0.4, 0.5) is 13.2 Å². The van der Waals surface area contributed by atoms with Gasteiger partial charge in [0.05, 0.1) is 17.1 Å². The summed E-state index contributed by atoms with van der Waals surface area (Å²) < 4.78 is 46.4. The Labute approximate surface area is 157 Å². The molecule has 148 valence electrons. The first-order valence-electron chi connectivity index (χ1n) is 8.67. The van der Waals surface area contributed by atoms with E-state index < -0.39 is 23.0 Å². The summed E-state index contributed by atoms with van der Waals surface area (Å²) >= 11 is 0. The monoisotopic (exact) mass is 393 g/mol. The molecule has 28 heavy (non-hydrogen) atoms. The topological polar surface area (TPSA) is 66.1 Å². The number of alkyl halides is 3. The number of hydrogen-bond acceptors (Lipinski definition) is 4. The smallest absolute Gasteiger partial charge is 0.416 e. The van der Waals surface area contributed by atoms with Crippen molar-refractivity contribution in [3.05, 3.63) is 62.9 Å². The molecule has 3 aromatic rings. The third-order valence-electron chi connectivity index (χ3n) is 4.29. The lowest BCUT2D eigenvalue weighted by Gasteiger charge is -2.12. The van der Waals surface area contributed by atoms with Gasteiger partial charge >= 0.3 is 11.9 Å². The van der Waals surface area contributed by atoms with Crippen LogP contribution >= 0.6 is 0 Å². The van der Waals surface area contributed by atoms with Crippen molar-refractivity contribution in [2.75, 3.05) is 0 Å². The molecule has 0 aliphatic rings. The minimum Gasteiger partial charge on any atom is -0.456 e. The van der Waals surface area contributed by atoms with Gasteiger partial charge in [-0.2, -0.15) is 13.2 Å². The molecule has 0 radical (unpaired) electrons. The van der Waals surface area contributed by atoms with Gasteiger partial charge in [-0.15, -0.1) is 0 Å². The van der Waals surface area contributed by atoms with E-state index in [0.717, 1.165) is 23.1 Å². The Morgan fingerprint density at radius 2 is 1.89 bits per heavy atom. The normalized spacial score (nSPS) is 11.8. The second-order valence-electron chi connectivity index (χ2n) is 6.32. The average Bonchev–Trinajstić information content (AvgIpc) is 2.66. The third kappa shape index (κ3) is 3.78. The summed E-state index contributed by atoms with van der Waals surface area (Å²) in [6.07, 6.45) is -1.76. The summed E-state index contributed by atoms with van der Waals surface area (Å²) in [5, 5.41) is 0.155. The molecule has 0 unspecified atom stereocenters. The van der Waals surface area contributed by atoms with E-state index in [1.165, 1.54) is 36.0 Å². The SMILES string of the molecule is CCCCn1c(=O)c2cc(Oc3cccc(C(F)(F)F)c3)cnc2n(C)c1=O. The van der Waals surface area contributed by atoms with Gasteiger partial charge in [-0.05, 0) is 30.7 Å². The van der Waals surface area contributed by atoms with E-state index in [2.05, 4.69) is 4.98 Å². The predicted octanol–water partition coefficient (Wildman–Crippen LogP) is 3.71. The quantitative estimate of drug-likeness (QED) is 0.663. The van der Waals surface area contributed by atoms with Crippen molar-refractivity contribution >= 4 is 11.0 Å². The van der Waals surface area contributed by atoms with Crippen LogP contribution in [0.2, 0.25) is 0 Å². The van der Waals surface area contributed by atoms with Gasteiger partial charge in [-0.1, -0.05) is 19.4 Å². The number of unbranched alkanes of at least 4 members (excludes halogenated alkanes) is 1. The van der Waals surface area contributed by atoms with Crippen LogP contribution in [0.1, 0.15) is 25.3 Å². The largest absolute Gasteiger partial charge is 0.456 e. The number of aromatic nitrogens is 3. The fourth-order valence-corrected chi connectivity index (χ4v) is 2.81. The van der Waals surface area contributed by atoms with Crippen LogP contribution in [0, 0.1) is 0 Å². The zero-order chi connectivity index (χ0) is 20.5. The molecule has 6 nitrogen and oxygen atoms in total. The van der Waals surface area contributed by atoms with Crippen LogP contribution in [0.5, 0.6) is 11.5 Å². The van der Waals surface area contributed by atoms with Gasteiger partial charge in [0.15, 0.2) is 0 Å². The molecule has 9 heteroatoms. The molecule has 0 N–H and O–H groups in total. The second-order valence-corrected chi connectivity index (χ2v) is 6.32. The second kappa shape index (κ2) is 7.49. The fraction of sp³-hybridized carbons (Fsp3) is 0.316. The zero-order valence-corrected chi connectivity index (χ0v) is 15.3. The Balaban J connectivity index is 2.05. The molecule has 0 amide bonds. The molecule has 0 fully saturated rings. The molecule has 2 aromatic heterocycles. The predicted molar refractivity (Wildman–Crippen MR) is 97.7 cm³/mol. The number of benzene rings is 1. The standard InChI is InChI=1S/C19H18F3N3O3/c1-3-4-8-25-17(26)15-10-14(11-23-16(15)24(2)18(25)27)28-13-7-5-6-12(9-13)19(20,21)22/h5-7,9-11H,3-4,8H2,1-2H3. The lowest BCUT2D eigenvalue weighted by Crippen LogP contribution is -2.39. The number of hydrogen-bond donors (Lipinski definition) is 0. The van der Waals surface area contributed by atoms with Gasteiger partial charge < -0.3 is 4.74 Å². The summed E-state index contributed by atoms with van der Waals surface area (Å²) in [7, 11) is 1.51. The molecule has 1 aromatic carbocycles. The average molecular weight is 393 g/mol. The molecule has 0 aliphatic heterocycles. The Morgan fingerprint density at radius 1 is 1.14 bits per heavy atom. The minimum absolute atomic E-state index is 0.0351. The third-order valence-corrected chi connectivity index (χ3v) is 4.29. The highest BCUT2D eigenvalue weighted by Gasteiger charge is 2.30. The van der Waals surface area contributed by atoms with Crippen molar-refractivity contribution in [1.82, 2.24) is 14.1 Å². The van der Waals surface area contributed by atoms with Crippen molar-refractivity contribution in [3.63, 3.8) is 0 Å². The fourth-order valence-electron chi connectivity index (χ4n) is 2.81. The van der Waals surface area contributed by atoms with Gasteiger partial charge in [0.2, 0.25) is 0 Å².